The first-order valence-electron chi connectivity index (χ1n) is 7.19. The van der Waals surface area contributed by atoms with Gasteiger partial charge in [0, 0.05) is 35.4 Å². The SMILES string of the molecule is NC1CCC(Nc2ccc([N+](=O)[O-])c3ncccc23)CC1. The van der Waals surface area contributed by atoms with E-state index in [0.717, 1.165) is 36.8 Å². The molecule has 3 N–H and O–H groups in total. The summed E-state index contributed by atoms with van der Waals surface area (Å²) in [6.07, 6.45) is 5.67. The van der Waals surface area contributed by atoms with Crippen LogP contribution in [-0.2, 0) is 0 Å². The van der Waals surface area contributed by atoms with E-state index in [1.54, 1.807) is 18.3 Å². The lowest BCUT2D eigenvalue weighted by Crippen LogP contribution is -2.32. The van der Waals surface area contributed by atoms with Gasteiger partial charge in [0.05, 0.1) is 4.92 Å². The first kappa shape index (κ1) is 13.8. The van der Waals surface area contributed by atoms with Crippen molar-refractivity contribution in [3.05, 3.63) is 40.6 Å². The summed E-state index contributed by atoms with van der Waals surface area (Å²) in [5.74, 6) is 0. The average Bonchev–Trinajstić information content (AvgIpc) is 2.49. The lowest BCUT2D eigenvalue weighted by atomic mass is 9.91. The van der Waals surface area contributed by atoms with Crippen LogP contribution >= 0.6 is 0 Å². The average molecular weight is 286 g/mol. The smallest absolute Gasteiger partial charge is 0.295 e. The lowest BCUT2D eigenvalue weighted by Gasteiger charge is -2.28. The molecule has 0 radical (unpaired) electrons. The highest BCUT2D eigenvalue weighted by Gasteiger charge is 2.20. The summed E-state index contributed by atoms with van der Waals surface area (Å²) in [4.78, 5) is 14.9. The molecule has 0 aliphatic heterocycles. The van der Waals surface area contributed by atoms with Gasteiger partial charge >= 0.3 is 0 Å². The summed E-state index contributed by atoms with van der Waals surface area (Å²) >= 11 is 0. The fourth-order valence-electron chi connectivity index (χ4n) is 2.91. The molecule has 0 amide bonds. The molecule has 110 valence electrons. The number of nitrogens with two attached hydrogens (primary N) is 1. The molecule has 1 aromatic carbocycles. The number of benzene rings is 1. The Morgan fingerprint density at radius 2 is 2.00 bits per heavy atom. The molecule has 0 unspecified atom stereocenters. The van der Waals surface area contributed by atoms with E-state index in [4.69, 9.17) is 5.73 Å². The Hall–Kier alpha value is -2.21. The molecule has 6 heteroatoms. The number of aromatic nitrogens is 1. The van der Waals surface area contributed by atoms with E-state index in [0.29, 0.717) is 17.6 Å². The van der Waals surface area contributed by atoms with Crippen molar-refractivity contribution >= 4 is 22.3 Å². The molecule has 2 aromatic rings. The van der Waals surface area contributed by atoms with E-state index in [2.05, 4.69) is 10.3 Å². The molecule has 1 aliphatic rings. The summed E-state index contributed by atoms with van der Waals surface area (Å²) in [7, 11) is 0. The maximum atomic E-state index is 11.1. The van der Waals surface area contributed by atoms with Gasteiger partial charge in [-0.05, 0) is 43.9 Å². The highest BCUT2D eigenvalue weighted by molar-refractivity contribution is 5.96. The van der Waals surface area contributed by atoms with Gasteiger partial charge in [-0.15, -0.1) is 0 Å². The van der Waals surface area contributed by atoms with Crippen LogP contribution in [-0.4, -0.2) is 22.0 Å². The van der Waals surface area contributed by atoms with Crippen LogP contribution in [0.4, 0.5) is 11.4 Å². The normalized spacial score (nSPS) is 22.1. The Labute approximate surface area is 122 Å². The maximum absolute atomic E-state index is 11.1. The topological polar surface area (TPSA) is 94.1 Å². The number of nitrogens with zero attached hydrogens (tertiary/aromatic N) is 2. The van der Waals surface area contributed by atoms with Crippen molar-refractivity contribution in [1.29, 1.82) is 0 Å². The van der Waals surface area contributed by atoms with Crippen LogP contribution in [0.5, 0.6) is 0 Å². The van der Waals surface area contributed by atoms with Crippen LogP contribution in [0.25, 0.3) is 10.9 Å². The van der Waals surface area contributed by atoms with Crippen molar-refractivity contribution < 1.29 is 4.92 Å². The third-order valence-corrected chi connectivity index (χ3v) is 4.08. The van der Waals surface area contributed by atoms with Crippen LogP contribution in [0.15, 0.2) is 30.5 Å². The Morgan fingerprint density at radius 1 is 1.24 bits per heavy atom. The number of hydrogen-bond donors (Lipinski definition) is 2. The minimum absolute atomic E-state index is 0.0433. The summed E-state index contributed by atoms with van der Waals surface area (Å²) in [5.41, 5.74) is 7.30. The van der Waals surface area contributed by atoms with Gasteiger partial charge in [-0.25, -0.2) is 4.98 Å². The highest BCUT2D eigenvalue weighted by Crippen LogP contribution is 2.31. The Bertz CT molecular complexity index is 666. The Balaban J connectivity index is 1.93. The molecule has 0 bridgehead atoms. The first-order valence-corrected chi connectivity index (χ1v) is 7.19. The first-order chi connectivity index (χ1) is 10.1. The minimum Gasteiger partial charge on any atom is -0.382 e. The highest BCUT2D eigenvalue weighted by atomic mass is 16.6. The van der Waals surface area contributed by atoms with Crippen LogP contribution in [0, 0.1) is 10.1 Å². The number of hydrogen-bond acceptors (Lipinski definition) is 5. The summed E-state index contributed by atoms with van der Waals surface area (Å²) in [6.45, 7) is 0. The summed E-state index contributed by atoms with van der Waals surface area (Å²) in [6, 6.07) is 7.64. The fourth-order valence-corrected chi connectivity index (χ4v) is 2.91. The molecular weight excluding hydrogens is 268 g/mol. The molecule has 1 fully saturated rings. The van der Waals surface area contributed by atoms with Gasteiger partial charge in [0.2, 0.25) is 0 Å². The van der Waals surface area contributed by atoms with E-state index in [1.807, 2.05) is 6.07 Å². The molecule has 1 heterocycles. The predicted molar refractivity (Wildman–Crippen MR) is 82.3 cm³/mol. The third kappa shape index (κ3) is 2.80. The summed E-state index contributed by atoms with van der Waals surface area (Å²) < 4.78 is 0. The van der Waals surface area contributed by atoms with E-state index in [1.165, 1.54) is 6.07 Å². The van der Waals surface area contributed by atoms with Gasteiger partial charge in [0.25, 0.3) is 5.69 Å². The van der Waals surface area contributed by atoms with E-state index in [9.17, 15) is 10.1 Å². The molecule has 3 rings (SSSR count). The van der Waals surface area contributed by atoms with Crippen molar-refractivity contribution in [2.24, 2.45) is 5.73 Å². The van der Waals surface area contributed by atoms with Gasteiger partial charge in [-0.2, -0.15) is 0 Å². The Kier molecular flexibility index (Phi) is 3.70. The molecular formula is C15H18N4O2. The van der Waals surface area contributed by atoms with Crippen molar-refractivity contribution in [2.45, 2.75) is 37.8 Å². The second-order valence-corrected chi connectivity index (χ2v) is 5.54. The molecule has 1 aromatic heterocycles. The maximum Gasteiger partial charge on any atom is 0.295 e. The van der Waals surface area contributed by atoms with Crippen LogP contribution < -0.4 is 11.1 Å². The summed E-state index contributed by atoms with van der Waals surface area (Å²) in [5, 5.41) is 15.4. The molecule has 21 heavy (non-hydrogen) atoms. The van der Waals surface area contributed by atoms with Crippen LogP contribution in [0.3, 0.4) is 0 Å². The quantitative estimate of drug-likeness (QED) is 0.668. The standard InChI is InChI=1S/C15H18N4O2/c16-10-3-5-11(6-4-10)18-13-7-8-14(19(20)21)15-12(13)2-1-9-17-15/h1-2,7-11,18H,3-6,16H2. The molecule has 1 aliphatic carbocycles. The van der Waals surface area contributed by atoms with Gasteiger partial charge < -0.3 is 11.1 Å². The number of nitrogens with one attached hydrogen (secondary N) is 1. The van der Waals surface area contributed by atoms with Gasteiger partial charge in [-0.3, -0.25) is 10.1 Å². The monoisotopic (exact) mass is 286 g/mol. The number of anilines is 1. The zero-order valence-electron chi connectivity index (χ0n) is 11.7. The number of nitro benzene ring substituents is 1. The molecule has 6 nitrogen and oxygen atoms in total. The van der Waals surface area contributed by atoms with Crippen molar-refractivity contribution in [3.8, 4) is 0 Å². The van der Waals surface area contributed by atoms with Crippen molar-refractivity contribution in [2.75, 3.05) is 5.32 Å². The van der Waals surface area contributed by atoms with Gasteiger partial charge in [-0.1, -0.05) is 0 Å². The third-order valence-electron chi connectivity index (χ3n) is 4.08. The van der Waals surface area contributed by atoms with E-state index >= 15 is 0 Å². The zero-order valence-corrected chi connectivity index (χ0v) is 11.7. The second-order valence-electron chi connectivity index (χ2n) is 5.54. The lowest BCUT2D eigenvalue weighted by molar-refractivity contribution is -0.383. The Morgan fingerprint density at radius 3 is 2.71 bits per heavy atom. The predicted octanol–water partition coefficient (Wildman–Crippen LogP) is 2.82. The van der Waals surface area contributed by atoms with E-state index < -0.39 is 4.92 Å². The molecule has 0 atom stereocenters. The van der Waals surface area contributed by atoms with Gasteiger partial charge in [0.15, 0.2) is 0 Å². The number of rotatable bonds is 3. The van der Waals surface area contributed by atoms with Crippen molar-refractivity contribution in [1.82, 2.24) is 4.98 Å². The minimum atomic E-state index is -0.390. The van der Waals surface area contributed by atoms with Crippen LogP contribution in [0.2, 0.25) is 0 Å². The number of non-ortho nitro benzene ring substituents is 1. The zero-order chi connectivity index (χ0) is 14.8. The molecule has 1 saturated carbocycles. The number of nitro groups is 1. The molecule has 0 saturated heterocycles. The van der Waals surface area contributed by atoms with Gasteiger partial charge in [0.1, 0.15) is 5.52 Å². The van der Waals surface area contributed by atoms with Crippen LogP contribution in [0.1, 0.15) is 25.7 Å². The number of fused-ring (bicyclic) bond motifs is 1. The van der Waals surface area contributed by atoms with E-state index in [-0.39, 0.29) is 5.69 Å². The second kappa shape index (κ2) is 5.65. The molecule has 0 spiro atoms. The fraction of sp³-hybridized carbons (Fsp3) is 0.400. The van der Waals surface area contributed by atoms with Crippen molar-refractivity contribution in [3.63, 3.8) is 0 Å². The number of pyridine rings is 1. The largest absolute Gasteiger partial charge is 0.382 e.